The van der Waals surface area contributed by atoms with Gasteiger partial charge in [0.2, 0.25) is 0 Å². The maximum Gasteiger partial charge on any atom is 0.369 e. The highest BCUT2D eigenvalue weighted by Gasteiger charge is 2.27. The third-order valence-corrected chi connectivity index (χ3v) is 2.50. The van der Waals surface area contributed by atoms with Crippen LogP contribution >= 0.6 is 0 Å². The Kier molecular flexibility index (Phi) is 2.18. The average molecular weight is 219 g/mol. The summed E-state index contributed by atoms with van der Waals surface area (Å²) < 4.78 is 0. The van der Waals surface area contributed by atoms with Gasteiger partial charge in [0.1, 0.15) is 0 Å². The Balaban J connectivity index is 2.77. The van der Waals surface area contributed by atoms with Crippen molar-refractivity contribution in [3.63, 3.8) is 0 Å². The molecule has 2 aromatic heterocycles. The molecule has 0 aliphatic rings. The molecule has 0 saturated heterocycles. The van der Waals surface area contributed by atoms with Crippen LogP contribution in [-0.4, -0.2) is 14.9 Å². The molecule has 0 aromatic carbocycles. The number of hydrogen-bond donors (Lipinski definition) is 1. The van der Waals surface area contributed by atoms with Crippen molar-refractivity contribution in [2.45, 2.75) is 26.2 Å². The number of fused-ring (bicyclic) bond motifs is 1. The molecule has 0 bridgehead atoms. The maximum absolute atomic E-state index is 11.0. The van der Waals surface area contributed by atoms with E-state index in [0.29, 0.717) is 11.2 Å². The van der Waals surface area contributed by atoms with Gasteiger partial charge in [-0.1, -0.05) is 20.8 Å². The highest BCUT2D eigenvalue weighted by atomic mass is 16.6. The van der Waals surface area contributed by atoms with Gasteiger partial charge in [-0.15, -0.1) is 0 Å². The van der Waals surface area contributed by atoms with Crippen molar-refractivity contribution in [1.82, 2.24) is 9.97 Å². The predicted molar refractivity (Wildman–Crippen MR) is 61.4 cm³/mol. The number of H-pyrrole nitrogens is 1. The summed E-state index contributed by atoms with van der Waals surface area (Å²) >= 11 is 0. The molecule has 2 heterocycles. The lowest BCUT2D eigenvalue weighted by molar-refractivity contribution is -0.390. The Bertz CT molecular complexity index is 552. The molecule has 1 N–H and O–H groups in total. The SMILES string of the molecule is CC(C)(C)c1cc2cc[nH]c2nc1[N+](=O)[O-]. The molecule has 0 atom stereocenters. The van der Waals surface area contributed by atoms with Crippen LogP contribution in [0.3, 0.4) is 0 Å². The van der Waals surface area contributed by atoms with Gasteiger partial charge in [-0.3, -0.25) is 0 Å². The van der Waals surface area contributed by atoms with E-state index in [2.05, 4.69) is 9.97 Å². The number of aromatic nitrogens is 2. The number of nitro groups is 1. The first-order valence-corrected chi connectivity index (χ1v) is 5.02. The van der Waals surface area contributed by atoms with Gasteiger partial charge in [0, 0.05) is 11.6 Å². The van der Waals surface area contributed by atoms with Gasteiger partial charge in [-0.05, 0) is 27.5 Å². The second kappa shape index (κ2) is 3.30. The molecule has 5 nitrogen and oxygen atoms in total. The van der Waals surface area contributed by atoms with Crippen molar-refractivity contribution in [3.8, 4) is 0 Å². The van der Waals surface area contributed by atoms with Gasteiger partial charge in [0.15, 0.2) is 0 Å². The summed E-state index contributed by atoms with van der Waals surface area (Å²) in [6.45, 7) is 5.82. The summed E-state index contributed by atoms with van der Waals surface area (Å²) in [5.74, 6) is -0.0672. The molecule has 0 fully saturated rings. The Morgan fingerprint density at radius 3 is 2.69 bits per heavy atom. The van der Waals surface area contributed by atoms with Gasteiger partial charge >= 0.3 is 5.82 Å². The molecule has 0 radical (unpaired) electrons. The normalized spacial score (nSPS) is 11.9. The topological polar surface area (TPSA) is 71.8 Å². The Morgan fingerprint density at radius 1 is 1.44 bits per heavy atom. The van der Waals surface area contributed by atoms with E-state index in [1.165, 1.54) is 0 Å². The summed E-state index contributed by atoms with van der Waals surface area (Å²) in [7, 11) is 0. The summed E-state index contributed by atoms with van der Waals surface area (Å²) in [5, 5.41) is 11.9. The smallest absolute Gasteiger partial charge is 0.358 e. The molecule has 0 spiro atoms. The highest BCUT2D eigenvalue weighted by molar-refractivity contribution is 5.78. The molecule has 0 aliphatic heterocycles. The molecule has 84 valence electrons. The number of hydrogen-bond acceptors (Lipinski definition) is 3. The minimum Gasteiger partial charge on any atom is -0.358 e. The van der Waals surface area contributed by atoms with Gasteiger partial charge in [-0.25, -0.2) is 0 Å². The van der Waals surface area contributed by atoms with Crippen LogP contribution in [0.1, 0.15) is 26.3 Å². The van der Waals surface area contributed by atoms with Crippen LogP contribution in [-0.2, 0) is 5.41 Å². The molecular weight excluding hydrogens is 206 g/mol. The van der Waals surface area contributed by atoms with Crippen molar-refractivity contribution in [1.29, 1.82) is 0 Å². The third-order valence-electron chi connectivity index (χ3n) is 2.50. The molecule has 5 heteroatoms. The van der Waals surface area contributed by atoms with Crippen LogP contribution in [0.4, 0.5) is 5.82 Å². The highest BCUT2D eigenvalue weighted by Crippen LogP contribution is 2.31. The largest absolute Gasteiger partial charge is 0.369 e. The average Bonchev–Trinajstić information content (AvgIpc) is 2.60. The van der Waals surface area contributed by atoms with E-state index < -0.39 is 4.92 Å². The van der Waals surface area contributed by atoms with E-state index in [-0.39, 0.29) is 11.2 Å². The molecule has 0 unspecified atom stereocenters. The molecule has 16 heavy (non-hydrogen) atoms. The number of pyridine rings is 1. The molecule has 2 aromatic rings. The fourth-order valence-electron chi connectivity index (χ4n) is 1.66. The third kappa shape index (κ3) is 1.64. The number of rotatable bonds is 1. The van der Waals surface area contributed by atoms with Crippen molar-refractivity contribution in [2.75, 3.05) is 0 Å². The lowest BCUT2D eigenvalue weighted by atomic mass is 9.87. The van der Waals surface area contributed by atoms with E-state index in [0.717, 1.165) is 5.39 Å². The van der Waals surface area contributed by atoms with E-state index in [1.54, 1.807) is 6.20 Å². The van der Waals surface area contributed by atoms with E-state index in [9.17, 15) is 10.1 Å². The summed E-state index contributed by atoms with van der Waals surface area (Å²) in [4.78, 5) is 17.5. The second-order valence-corrected chi connectivity index (χ2v) is 4.78. The quantitative estimate of drug-likeness (QED) is 0.592. The van der Waals surface area contributed by atoms with Gasteiger partial charge < -0.3 is 15.1 Å². The summed E-state index contributed by atoms with van der Waals surface area (Å²) in [5.41, 5.74) is 0.922. The number of nitrogens with one attached hydrogen (secondary N) is 1. The van der Waals surface area contributed by atoms with Gasteiger partial charge in [0.25, 0.3) is 5.65 Å². The molecular formula is C11H13N3O2. The lowest BCUT2D eigenvalue weighted by Crippen LogP contribution is -2.14. The minimum atomic E-state index is -0.430. The van der Waals surface area contributed by atoms with Crippen LogP contribution in [0.5, 0.6) is 0 Å². The Hall–Kier alpha value is -1.91. The van der Waals surface area contributed by atoms with Crippen LogP contribution in [0, 0.1) is 10.1 Å². The molecule has 0 saturated carbocycles. The summed E-state index contributed by atoms with van der Waals surface area (Å²) in [6, 6.07) is 3.69. The summed E-state index contributed by atoms with van der Waals surface area (Å²) in [6.07, 6.45) is 1.73. The number of aromatic amines is 1. The van der Waals surface area contributed by atoms with Crippen molar-refractivity contribution in [3.05, 3.63) is 34.0 Å². The Morgan fingerprint density at radius 2 is 2.12 bits per heavy atom. The van der Waals surface area contributed by atoms with Crippen LogP contribution < -0.4 is 0 Å². The first-order valence-electron chi connectivity index (χ1n) is 5.02. The monoisotopic (exact) mass is 219 g/mol. The van der Waals surface area contributed by atoms with Crippen molar-refractivity contribution in [2.24, 2.45) is 0 Å². The first kappa shape index (κ1) is 10.6. The van der Waals surface area contributed by atoms with E-state index in [1.807, 2.05) is 32.9 Å². The lowest BCUT2D eigenvalue weighted by Gasteiger charge is -2.17. The van der Waals surface area contributed by atoms with Gasteiger partial charge in [0.05, 0.1) is 5.56 Å². The fourth-order valence-corrected chi connectivity index (χ4v) is 1.66. The van der Waals surface area contributed by atoms with E-state index >= 15 is 0 Å². The minimum absolute atomic E-state index is 0.0672. The van der Waals surface area contributed by atoms with Crippen LogP contribution in [0.15, 0.2) is 18.3 Å². The standard InChI is InChI=1S/C11H13N3O2/c1-11(2,3)8-6-7-4-5-12-9(7)13-10(8)14(15)16/h4-6H,1-3H3,(H,12,13). The molecule has 2 rings (SSSR count). The first-order chi connectivity index (χ1) is 7.39. The maximum atomic E-state index is 11.0. The van der Waals surface area contributed by atoms with Crippen LogP contribution in [0.2, 0.25) is 0 Å². The fraction of sp³-hybridized carbons (Fsp3) is 0.364. The van der Waals surface area contributed by atoms with Crippen LogP contribution in [0.25, 0.3) is 11.0 Å². The molecule has 0 aliphatic carbocycles. The zero-order valence-electron chi connectivity index (χ0n) is 9.44. The van der Waals surface area contributed by atoms with Crippen molar-refractivity contribution >= 4 is 16.9 Å². The van der Waals surface area contributed by atoms with Gasteiger partial charge in [-0.2, -0.15) is 0 Å². The Labute approximate surface area is 92.7 Å². The second-order valence-electron chi connectivity index (χ2n) is 4.78. The van der Waals surface area contributed by atoms with E-state index in [4.69, 9.17) is 0 Å². The number of nitrogens with zero attached hydrogens (tertiary/aromatic N) is 2. The zero-order chi connectivity index (χ0) is 11.9. The van der Waals surface area contributed by atoms with Crippen molar-refractivity contribution < 1.29 is 4.92 Å². The predicted octanol–water partition coefficient (Wildman–Crippen LogP) is 2.77. The molecule has 0 amide bonds. The zero-order valence-corrected chi connectivity index (χ0v) is 9.44.